The molecule has 0 aliphatic heterocycles. The molecule has 6 heteroatoms. The molecule has 2 aromatic rings. The van der Waals surface area contributed by atoms with Crippen molar-refractivity contribution < 1.29 is 14.7 Å². The van der Waals surface area contributed by atoms with E-state index < -0.39 is 5.97 Å². The zero-order valence-corrected chi connectivity index (χ0v) is 11.8. The van der Waals surface area contributed by atoms with Crippen molar-refractivity contribution >= 4 is 22.8 Å². The summed E-state index contributed by atoms with van der Waals surface area (Å²) in [6.07, 6.45) is 1.68. The van der Waals surface area contributed by atoms with Gasteiger partial charge in [-0.25, -0.2) is 4.79 Å². The maximum atomic E-state index is 12.5. The van der Waals surface area contributed by atoms with Crippen LogP contribution in [0.1, 0.15) is 34.6 Å². The van der Waals surface area contributed by atoms with Gasteiger partial charge in [-0.15, -0.1) is 0 Å². The number of benzene rings is 1. The summed E-state index contributed by atoms with van der Waals surface area (Å²) in [5, 5.41) is 13.9. The summed E-state index contributed by atoms with van der Waals surface area (Å²) in [4.78, 5) is 25.4. The summed E-state index contributed by atoms with van der Waals surface area (Å²) in [6.45, 7) is 5.04. The molecular formula is C14H17N3O3. The number of carbonyl (C=O) groups is 2. The van der Waals surface area contributed by atoms with Gasteiger partial charge >= 0.3 is 5.97 Å². The summed E-state index contributed by atoms with van der Waals surface area (Å²) in [6, 6.07) is 3.00. The largest absolute Gasteiger partial charge is 0.478 e. The first-order valence-electron chi connectivity index (χ1n) is 6.48. The molecule has 0 radical (unpaired) electrons. The van der Waals surface area contributed by atoms with Gasteiger partial charge in [0.25, 0.3) is 5.91 Å². The summed E-state index contributed by atoms with van der Waals surface area (Å²) in [5.74, 6) is -1.15. The van der Waals surface area contributed by atoms with Crippen molar-refractivity contribution in [2.75, 3.05) is 13.1 Å². The normalized spacial score (nSPS) is 10.8. The van der Waals surface area contributed by atoms with Crippen molar-refractivity contribution in [3.8, 4) is 0 Å². The Bertz CT molecular complexity index is 672. The number of amides is 1. The van der Waals surface area contributed by atoms with Crippen molar-refractivity contribution in [3.05, 3.63) is 29.5 Å². The number of fused-ring (bicyclic) bond motifs is 1. The van der Waals surface area contributed by atoms with E-state index in [0.29, 0.717) is 29.6 Å². The van der Waals surface area contributed by atoms with Crippen LogP contribution in [0.5, 0.6) is 0 Å². The first-order chi connectivity index (χ1) is 9.49. The van der Waals surface area contributed by atoms with Crippen LogP contribution in [-0.4, -0.2) is 44.8 Å². The molecule has 0 unspecified atom stereocenters. The maximum absolute atomic E-state index is 12.5. The third-order valence-corrected chi connectivity index (χ3v) is 3.30. The number of aromatic carboxylic acids is 1. The van der Waals surface area contributed by atoms with Gasteiger partial charge in [0.05, 0.1) is 11.1 Å². The molecule has 0 aliphatic carbocycles. The van der Waals surface area contributed by atoms with Crippen LogP contribution in [0.25, 0.3) is 10.9 Å². The highest BCUT2D eigenvalue weighted by atomic mass is 16.4. The highest BCUT2D eigenvalue weighted by Gasteiger charge is 2.20. The van der Waals surface area contributed by atoms with Crippen LogP contribution >= 0.6 is 0 Å². The Hall–Kier alpha value is -2.37. The minimum atomic E-state index is -1.05. The Labute approximate surface area is 116 Å². The van der Waals surface area contributed by atoms with Crippen LogP contribution in [0.2, 0.25) is 0 Å². The van der Waals surface area contributed by atoms with Gasteiger partial charge in [-0.05, 0) is 26.0 Å². The van der Waals surface area contributed by atoms with Crippen molar-refractivity contribution in [1.29, 1.82) is 0 Å². The Morgan fingerprint density at radius 2 is 1.85 bits per heavy atom. The Balaban J connectivity index is 2.64. The lowest BCUT2D eigenvalue weighted by Crippen LogP contribution is -2.30. The van der Waals surface area contributed by atoms with E-state index in [0.717, 1.165) is 0 Å². The van der Waals surface area contributed by atoms with E-state index in [-0.39, 0.29) is 11.5 Å². The molecule has 0 saturated carbocycles. The molecule has 0 aliphatic rings. The summed E-state index contributed by atoms with van der Waals surface area (Å²) < 4.78 is 1.52. The van der Waals surface area contributed by atoms with Crippen molar-refractivity contribution in [2.24, 2.45) is 7.05 Å². The average molecular weight is 275 g/mol. The van der Waals surface area contributed by atoms with E-state index in [2.05, 4.69) is 5.10 Å². The fourth-order valence-corrected chi connectivity index (χ4v) is 2.26. The summed E-state index contributed by atoms with van der Waals surface area (Å²) >= 11 is 0. The molecule has 106 valence electrons. The molecule has 0 saturated heterocycles. The number of aromatic nitrogens is 2. The lowest BCUT2D eigenvalue weighted by atomic mass is 10.0. The van der Waals surface area contributed by atoms with Gasteiger partial charge in [0.15, 0.2) is 0 Å². The van der Waals surface area contributed by atoms with Gasteiger partial charge in [0.2, 0.25) is 0 Å². The Morgan fingerprint density at radius 3 is 2.40 bits per heavy atom. The number of hydrogen-bond acceptors (Lipinski definition) is 3. The number of carbonyl (C=O) groups excluding carboxylic acids is 1. The molecule has 0 atom stereocenters. The number of nitrogens with zero attached hydrogens (tertiary/aromatic N) is 3. The maximum Gasteiger partial charge on any atom is 0.337 e. The van der Waals surface area contributed by atoms with E-state index in [9.17, 15) is 14.7 Å². The summed E-state index contributed by atoms with van der Waals surface area (Å²) in [5.41, 5.74) is 0.941. The monoisotopic (exact) mass is 275 g/mol. The minimum absolute atomic E-state index is 0.107. The third-order valence-electron chi connectivity index (χ3n) is 3.30. The number of rotatable bonds is 4. The van der Waals surface area contributed by atoms with Crippen LogP contribution in [0, 0.1) is 0 Å². The minimum Gasteiger partial charge on any atom is -0.478 e. The van der Waals surface area contributed by atoms with E-state index in [1.54, 1.807) is 24.2 Å². The zero-order chi connectivity index (χ0) is 14.9. The highest BCUT2D eigenvalue weighted by Crippen LogP contribution is 2.23. The number of aryl methyl sites for hydroxylation is 1. The smallest absolute Gasteiger partial charge is 0.337 e. The fraction of sp³-hybridized carbons (Fsp3) is 0.357. The molecule has 1 aromatic heterocycles. The molecule has 0 spiro atoms. The molecule has 1 N–H and O–H groups in total. The zero-order valence-electron chi connectivity index (χ0n) is 11.8. The standard InChI is InChI=1S/C14H17N3O3/c1-4-17(5-2)13(18)9-6-7-10(14(19)20)12-11(9)8-16(3)15-12/h6-8H,4-5H2,1-3H3,(H,19,20). The highest BCUT2D eigenvalue weighted by molar-refractivity contribution is 6.11. The van der Waals surface area contributed by atoms with Crippen LogP contribution in [-0.2, 0) is 7.05 Å². The number of carboxylic acid groups (broad SMARTS) is 1. The quantitative estimate of drug-likeness (QED) is 0.922. The van der Waals surface area contributed by atoms with Crippen LogP contribution < -0.4 is 0 Å². The lowest BCUT2D eigenvalue weighted by molar-refractivity contribution is 0.0696. The molecule has 20 heavy (non-hydrogen) atoms. The molecule has 0 bridgehead atoms. The van der Waals surface area contributed by atoms with Crippen molar-refractivity contribution in [2.45, 2.75) is 13.8 Å². The second-order valence-corrected chi connectivity index (χ2v) is 4.51. The van der Waals surface area contributed by atoms with Gasteiger partial charge in [0, 0.05) is 31.7 Å². The molecule has 0 fully saturated rings. The number of carboxylic acids is 1. The SMILES string of the molecule is CCN(CC)C(=O)c1ccc(C(=O)O)c2nn(C)cc12. The van der Waals surface area contributed by atoms with E-state index in [4.69, 9.17) is 0 Å². The Kier molecular flexibility index (Phi) is 3.74. The van der Waals surface area contributed by atoms with Gasteiger partial charge in [-0.3, -0.25) is 9.48 Å². The van der Waals surface area contributed by atoms with E-state index in [1.165, 1.54) is 10.7 Å². The predicted octanol–water partition coefficient (Wildman–Crippen LogP) is 1.75. The topological polar surface area (TPSA) is 75.4 Å². The van der Waals surface area contributed by atoms with Gasteiger partial charge in [-0.1, -0.05) is 0 Å². The second-order valence-electron chi connectivity index (χ2n) is 4.51. The van der Waals surface area contributed by atoms with Gasteiger partial charge in [0.1, 0.15) is 5.52 Å². The summed E-state index contributed by atoms with van der Waals surface area (Å²) in [7, 11) is 1.71. The molecule has 2 rings (SSSR count). The Morgan fingerprint density at radius 1 is 1.25 bits per heavy atom. The van der Waals surface area contributed by atoms with Gasteiger partial charge in [-0.2, -0.15) is 5.10 Å². The fourth-order valence-electron chi connectivity index (χ4n) is 2.26. The number of hydrogen-bond donors (Lipinski definition) is 1. The molecule has 1 amide bonds. The molecule has 1 heterocycles. The van der Waals surface area contributed by atoms with Crippen LogP contribution in [0.3, 0.4) is 0 Å². The molecule has 6 nitrogen and oxygen atoms in total. The van der Waals surface area contributed by atoms with Gasteiger partial charge < -0.3 is 10.0 Å². The molecular weight excluding hydrogens is 258 g/mol. The van der Waals surface area contributed by atoms with Crippen LogP contribution in [0.4, 0.5) is 0 Å². The lowest BCUT2D eigenvalue weighted by Gasteiger charge is -2.19. The van der Waals surface area contributed by atoms with Crippen molar-refractivity contribution in [3.63, 3.8) is 0 Å². The first-order valence-corrected chi connectivity index (χ1v) is 6.48. The second kappa shape index (κ2) is 5.32. The third kappa shape index (κ3) is 2.24. The average Bonchev–Trinajstić information content (AvgIpc) is 2.79. The molecule has 1 aromatic carbocycles. The van der Waals surface area contributed by atoms with E-state index >= 15 is 0 Å². The van der Waals surface area contributed by atoms with Crippen molar-refractivity contribution in [1.82, 2.24) is 14.7 Å². The predicted molar refractivity (Wildman–Crippen MR) is 74.9 cm³/mol. The van der Waals surface area contributed by atoms with E-state index in [1.807, 2.05) is 13.8 Å². The van der Waals surface area contributed by atoms with Crippen LogP contribution in [0.15, 0.2) is 18.3 Å². The first kappa shape index (κ1) is 14.0.